The Hall–Kier alpha value is -0.850. The normalized spacial score (nSPS) is 18.1. The van der Waals surface area contributed by atoms with Crippen LogP contribution in [-0.4, -0.2) is 37.8 Å². The molecule has 1 aliphatic rings. The van der Waals surface area contributed by atoms with Crippen LogP contribution in [0, 0.1) is 5.41 Å². The molecule has 5 nitrogen and oxygen atoms in total. The highest BCUT2D eigenvalue weighted by Gasteiger charge is 2.27. The van der Waals surface area contributed by atoms with Crippen LogP contribution in [0.15, 0.2) is 0 Å². The Morgan fingerprint density at radius 3 is 2.89 bits per heavy atom. The first-order valence-corrected chi connectivity index (χ1v) is 7.30. The molecule has 0 spiro atoms. The van der Waals surface area contributed by atoms with Crippen molar-refractivity contribution in [1.82, 2.24) is 4.98 Å². The smallest absolute Gasteiger partial charge is 0.351 e. The third kappa shape index (κ3) is 3.58. The second kappa shape index (κ2) is 6.07. The van der Waals surface area contributed by atoms with Crippen molar-refractivity contribution in [3.63, 3.8) is 0 Å². The van der Waals surface area contributed by atoms with Gasteiger partial charge >= 0.3 is 5.97 Å². The number of rotatable bonds is 4. The van der Waals surface area contributed by atoms with Crippen molar-refractivity contribution in [1.29, 1.82) is 0 Å². The highest BCUT2D eigenvalue weighted by molar-refractivity contribution is 7.18. The first-order valence-electron chi connectivity index (χ1n) is 6.10. The van der Waals surface area contributed by atoms with E-state index in [1.165, 1.54) is 18.4 Å². The standard InChI is InChI=1S/C12H17ClN2O3S/c1-12(3-5-18-6-4-12)7-14-11-15-9(13)8(19-11)10(16)17-2/h3-7H2,1-2H3,(H,14,15). The van der Waals surface area contributed by atoms with Gasteiger partial charge in [0, 0.05) is 19.8 Å². The number of esters is 1. The summed E-state index contributed by atoms with van der Waals surface area (Å²) in [5.74, 6) is -0.451. The maximum atomic E-state index is 11.4. The predicted molar refractivity (Wildman–Crippen MR) is 75.1 cm³/mol. The number of thiazole rings is 1. The first-order chi connectivity index (χ1) is 9.04. The monoisotopic (exact) mass is 304 g/mol. The molecule has 2 heterocycles. The van der Waals surface area contributed by atoms with Gasteiger partial charge in [0.25, 0.3) is 0 Å². The zero-order chi connectivity index (χ0) is 13.9. The van der Waals surface area contributed by atoms with Crippen molar-refractivity contribution in [3.8, 4) is 0 Å². The van der Waals surface area contributed by atoms with E-state index in [9.17, 15) is 4.79 Å². The number of ether oxygens (including phenoxy) is 2. The number of anilines is 1. The summed E-state index contributed by atoms with van der Waals surface area (Å²) in [5, 5.41) is 4.10. The number of carbonyl (C=O) groups excluding carboxylic acids is 1. The Balaban J connectivity index is 1.98. The van der Waals surface area contributed by atoms with Gasteiger partial charge < -0.3 is 14.8 Å². The van der Waals surface area contributed by atoms with Crippen LogP contribution in [0.1, 0.15) is 29.4 Å². The average Bonchev–Trinajstić information content (AvgIpc) is 2.78. The van der Waals surface area contributed by atoms with Crippen molar-refractivity contribution < 1.29 is 14.3 Å². The second-order valence-electron chi connectivity index (χ2n) is 4.91. The van der Waals surface area contributed by atoms with E-state index >= 15 is 0 Å². The Labute approximate surface area is 121 Å². The number of hydrogen-bond acceptors (Lipinski definition) is 6. The number of methoxy groups -OCH3 is 1. The van der Waals surface area contributed by atoms with Gasteiger partial charge in [-0.2, -0.15) is 0 Å². The summed E-state index contributed by atoms with van der Waals surface area (Å²) >= 11 is 7.13. The summed E-state index contributed by atoms with van der Waals surface area (Å²) in [7, 11) is 1.33. The maximum absolute atomic E-state index is 11.4. The number of nitrogens with one attached hydrogen (secondary N) is 1. The number of hydrogen-bond donors (Lipinski definition) is 1. The van der Waals surface area contributed by atoms with Gasteiger partial charge in [-0.1, -0.05) is 29.9 Å². The lowest BCUT2D eigenvalue weighted by molar-refractivity contribution is 0.0300. The van der Waals surface area contributed by atoms with Gasteiger partial charge in [-0.3, -0.25) is 0 Å². The first kappa shape index (κ1) is 14.6. The lowest BCUT2D eigenvalue weighted by Crippen LogP contribution is -2.33. The van der Waals surface area contributed by atoms with Crippen LogP contribution in [0.5, 0.6) is 0 Å². The van der Waals surface area contributed by atoms with Crippen molar-refractivity contribution in [2.45, 2.75) is 19.8 Å². The van der Waals surface area contributed by atoms with Gasteiger partial charge in [0.1, 0.15) is 0 Å². The fourth-order valence-corrected chi connectivity index (χ4v) is 3.02. The molecule has 1 aromatic heterocycles. The summed E-state index contributed by atoms with van der Waals surface area (Å²) in [6, 6.07) is 0. The lowest BCUT2D eigenvalue weighted by Gasteiger charge is -2.33. The van der Waals surface area contributed by atoms with Crippen LogP contribution in [0.4, 0.5) is 5.13 Å². The van der Waals surface area contributed by atoms with Crippen LogP contribution in [-0.2, 0) is 9.47 Å². The van der Waals surface area contributed by atoms with Gasteiger partial charge in [-0.15, -0.1) is 0 Å². The van der Waals surface area contributed by atoms with E-state index in [0.29, 0.717) is 10.0 Å². The van der Waals surface area contributed by atoms with E-state index in [1.54, 1.807) is 0 Å². The fraction of sp³-hybridized carbons (Fsp3) is 0.667. The molecular weight excluding hydrogens is 288 g/mol. The molecule has 0 bridgehead atoms. The van der Waals surface area contributed by atoms with Gasteiger partial charge in [0.05, 0.1) is 7.11 Å². The summed E-state index contributed by atoms with van der Waals surface area (Å²) in [6.45, 7) is 4.61. The molecule has 0 radical (unpaired) electrons. The Morgan fingerprint density at radius 2 is 2.26 bits per heavy atom. The minimum Gasteiger partial charge on any atom is -0.465 e. The van der Waals surface area contributed by atoms with E-state index in [2.05, 4.69) is 22.0 Å². The zero-order valence-corrected chi connectivity index (χ0v) is 12.6. The molecule has 0 saturated carbocycles. The molecule has 0 aromatic carbocycles. The van der Waals surface area contributed by atoms with Gasteiger partial charge in [0.2, 0.25) is 0 Å². The fourth-order valence-electron chi connectivity index (χ4n) is 1.93. The number of aromatic nitrogens is 1. The quantitative estimate of drug-likeness (QED) is 0.867. The molecule has 7 heteroatoms. The molecule has 0 aliphatic carbocycles. The van der Waals surface area contributed by atoms with Crippen molar-refractivity contribution in [2.75, 3.05) is 32.2 Å². The van der Waals surface area contributed by atoms with E-state index in [4.69, 9.17) is 16.3 Å². The minimum atomic E-state index is -0.451. The van der Waals surface area contributed by atoms with E-state index in [1.807, 2.05) is 0 Å². The maximum Gasteiger partial charge on any atom is 0.351 e. The third-order valence-corrected chi connectivity index (χ3v) is 4.70. The molecule has 0 amide bonds. The van der Waals surface area contributed by atoms with Crippen LogP contribution in [0.2, 0.25) is 5.15 Å². The van der Waals surface area contributed by atoms with Gasteiger partial charge in [0.15, 0.2) is 15.2 Å². The highest BCUT2D eigenvalue weighted by Crippen LogP contribution is 2.32. The van der Waals surface area contributed by atoms with Crippen LogP contribution >= 0.6 is 22.9 Å². The van der Waals surface area contributed by atoms with E-state index < -0.39 is 5.97 Å². The van der Waals surface area contributed by atoms with E-state index in [0.717, 1.165) is 32.6 Å². The van der Waals surface area contributed by atoms with E-state index in [-0.39, 0.29) is 10.6 Å². The molecule has 19 heavy (non-hydrogen) atoms. The van der Waals surface area contributed by atoms with Gasteiger partial charge in [-0.25, -0.2) is 9.78 Å². The average molecular weight is 305 g/mol. The molecule has 1 aromatic rings. The molecule has 1 saturated heterocycles. The minimum absolute atomic E-state index is 0.191. The summed E-state index contributed by atoms with van der Waals surface area (Å²) < 4.78 is 10.0. The molecule has 1 aliphatic heterocycles. The molecular formula is C12H17ClN2O3S. The molecule has 2 rings (SSSR count). The topological polar surface area (TPSA) is 60.5 Å². The van der Waals surface area contributed by atoms with Crippen molar-refractivity contribution in [3.05, 3.63) is 10.0 Å². The predicted octanol–water partition coefficient (Wildman–Crippen LogP) is 2.81. The molecule has 106 valence electrons. The Kier molecular flexibility index (Phi) is 4.65. The number of halogens is 1. The number of nitrogens with zero attached hydrogens (tertiary/aromatic N) is 1. The van der Waals surface area contributed by atoms with Gasteiger partial charge in [-0.05, 0) is 18.3 Å². The summed E-state index contributed by atoms with van der Waals surface area (Å²) in [5.41, 5.74) is 0.196. The Bertz CT molecular complexity index is 458. The van der Waals surface area contributed by atoms with Crippen molar-refractivity contribution >= 4 is 34.0 Å². The second-order valence-corrected chi connectivity index (χ2v) is 6.26. The zero-order valence-electron chi connectivity index (χ0n) is 11.0. The van der Waals surface area contributed by atoms with Crippen LogP contribution in [0.3, 0.4) is 0 Å². The van der Waals surface area contributed by atoms with Crippen LogP contribution < -0.4 is 5.32 Å². The molecule has 0 unspecified atom stereocenters. The third-order valence-electron chi connectivity index (χ3n) is 3.32. The summed E-state index contributed by atoms with van der Waals surface area (Å²) in [4.78, 5) is 15.9. The highest BCUT2D eigenvalue weighted by atomic mass is 35.5. The van der Waals surface area contributed by atoms with Crippen LogP contribution in [0.25, 0.3) is 0 Å². The Morgan fingerprint density at radius 1 is 1.58 bits per heavy atom. The molecule has 1 fully saturated rings. The van der Waals surface area contributed by atoms with Crippen molar-refractivity contribution in [2.24, 2.45) is 5.41 Å². The SMILES string of the molecule is COC(=O)c1sc(NCC2(C)CCOCC2)nc1Cl. The summed E-state index contributed by atoms with van der Waals surface area (Å²) in [6.07, 6.45) is 2.03. The number of carbonyl (C=O) groups is 1. The largest absolute Gasteiger partial charge is 0.465 e. The molecule has 0 atom stereocenters. The lowest BCUT2D eigenvalue weighted by atomic mass is 9.82. The molecule has 1 N–H and O–H groups in total.